The van der Waals surface area contributed by atoms with E-state index in [1.165, 1.54) is 5.57 Å². The van der Waals surface area contributed by atoms with Crippen LogP contribution in [0.25, 0.3) is 0 Å². The highest BCUT2D eigenvalue weighted by atomic mass is 16.1. The largest absolute Gasteiger partial charge is 0.295 e. The normalized spacial score (nSPS) is 17.8. The first-order valence-corrected chi connectivity index (χ1v) is 3.58. The standard InChI is InChI=1S/C9H12O/c1-7-4-3-5-9(6-7)8(2)10/h5-6H,3-4H2,1-2H3. The second-order valence-electron chi connectivity index (χ2n) is 2.75. The summed E-state index contributed by atoms with van der Waals surface area (Å²) in [5, 5.41) is 0. The minimum atomic E-state index is 0.180. The predicted octanol–water partition coefficient (Wildman–Crippen LogP) is 2.24. The number of hydrogen-bond donors (Lipinski definition) is 0. The van der Waals surface area contributed by atoms with Crippen LogP contribution >= 0.6 is 0 Å². The van der Waals surface area contributed by atoms with Crippen molar-refractivity contribution in [3.63, 3.8) is 0 Å². The number of allylic oxidation sites excluding steroid dienone is 4. The zero-order valence-electron chi connectivity index (χ0n) is 6.48. The molecule has 0 bridgehead atoms. The lowest BCUT2D eigenvalue weighted by Gasteiger charge is -2.06. The van der Waals surface area contributed by atoms with Gasteiger partial charge in [0, 0.05) is 5.57 Å². The highest BCUT2D eigenvalue weighted by molar-refractivity contribution is 5.96. The second-order valence-corrected chi connectivity index (χ2v) is 2.75. The predicted molar refractivity (Wildman–Crippen MR) is 41.8 cm³/mol. The maximum Gasteiger partial charge on any atom is 0.159 e. The molecule has 1 aliphatic carbocycles. The van der Waals surface area contributed by atoms with Crippen LogP contribution in [-0.2, 0) is 4.79 Å². The molecular formula is C9H12O. The summed E-state index contributed by atoms with van der Waals surface area (Å²) in [6.07, 6.45) is 6.12. The Bertz CT molecular complexity index is 209. The Balaban J connectivity index is 2.79. The van der Waals surface area contributed by atoms with Crippen LogP contribution in [0.4, 0.5) is 0 Å². The van der Waals surface area contributed by atoms with Gasteiger partial charge in [-0.25, -0.2) is 0 Å². The van der Waals surface area contributed by atoms with Gasteiger partial charge in [0.2, 0.25) is 0 Å². The zero-order chi connectivity index (χ0) is 7.56. The van der Waals surface area contributed by atoms with Crippen molar-refractivity contribution >= 4 is 5.78 Å². The Morgan fingerprint density at radius 3 is 2.70 bits per heavy atom. The molecule has 1 heteroatoms. The summed E-state index contributed by atoms with van der Waals surface area (Å²) in [7, 11) is 0. The fourth-order valence-corrected chi connectivity index (χ4v) is 1.10. The lowest BCUT2D eigenvalue weighted by molar-refractivity contribution is -0.113. The van der Waals surface area contributed by atoms with Crippen molar-refractivity contribution in [1.82, 2.24) is 0 Å². The first kappa shape index (κ1) is 7.26. The molecule has 0 N–H and O–H groups in total. The lowest BCUT2D eigenvalue weighted by Crippen LogP contribution is -1.97. The second kappa shape index (κ2) is 2.82. The number of ketones is 1. The Kier molecular flexibility index (Phi) is 2.05. The molecule has 0 spiro atoms. The average molecular weight is 136 g/mol. The molecule has 0 atom stereocenters. The van der Waals surface area contributed by atoms with Crippen LogP contribution in [0, 0.1) is 0 Å². The third-order valence-corrected chi connectivity index (χ3v) is 1.71. The van der Waals surface area contributed by atoms with Crippen LogP contribution in [0.2, 0.25) is 0 Å². The maximum atomic E-state index is 10.8. The molecule has 0 aliphatic heterocycles. The van der Waals surface area contributed by atoms with E-state index in [1.54, 1.807) is 6.92 Å². The zero-order valence-corrected chi connectivity index (χ0v) is 6.48. The minimum absolute atomic E-state index is 0.180. The van der Waals surface area contributed by atoms with Gasteiger partial charge in [-0.15, -0.1) is 0 Å². The first-order valence-electron chi connectivity index (χ1n) is 3.58. The molecule has 0 saturated heterocycles. The molecule has 54 valence electrons. The summed E-state index contributed by atoms with van der Waals surface area (Å²) in [5.74, 6) is 0.180. The monoisotopic (exact) mass is 136 g/mol. The Hall–Kier alpha value is -0.850. The fraction of sp³-hybridized carbons (Fsp3) is 0.444. The number of carbonyl (C=O) groups is 1. The van der Waals surface area contributed by atoms with Crippen LogP contribution in [0.5, 0.6) is 0 Å². The molecule has 0 unspecified atom stereocenters. The van der Waals surface area contributed by atoms with Gasteiger partial charge in [-0.05, 0) is 26.7 Å². The van der Waals surface area contributed by atoms with Gasteiger partial charge in [-0.1, -0.05) is 17.7 Å². The number of carbonyl (C=O) groups excluding carboxylic acids is 1. The number of hydrogen-bond acceptors (Lipinski definition) is 1. The number of Topliss-reactive ketones (excluding diaryl/α,β-unsaturated/α-hetero) is 1. The SMILES string of the molecule is CC(=O)C1=CCCC(C)=C1. The van der Waals surface area contributed by atoms with Gasteiger partial charge >= 0.3 is 0 Å². The van der Waals surface area contributed by atoms with Crippen LogP contribution in [0.3, 0.4) is 0 Å². The Labute approximate surface area is 61.4 Å². The highest BCUT2D eigenvalue weighted by Crippen LogP contribution is 2.16. The Morgan fingerprint density at radius 1 is 1.60 bits per heavy atom. The Morgan fingerprint density at radius 2 is 2.30 bits per heavy atom. The van der Waals surface area contributed by atoms with Crippen LogP contribution in [-0.4, -0.2) is 5.78 Å². The summed E-state index contributed by atoms with van der Waals surface area (Å²) in [5.41, 5.74) is 2.19. The minimum Gasteiger partial charge on any atom is -0.295 e. The van der Waals surface area contributed by atoms with E-state index in [0.717, 1.165) is 18.4 Å². The molecule has 1 aliphatic rings. The van der Waals surface area contributed by atoms with Crippen molar-refractivity contribution in [3.8, 4) is 0 Å². The van der Waals surface area contributed by atoms with Crippen molar-refractivity contribution < 1.29 is 4.79 Å². The topological polar surface area (TPSA) is 17.1 Å². The van der Waals surface area contributed by atoms with E-state index in [1.807, 2.05) is 12.2 Å². The summed E-state index contributed by atoms with van der Waals surface area (Å²) >= 11 is 0. The van der Waals surface area contributed by atoms with Crippen molar-refractivity contribution in [2.24, 2.45) is 0 Å². The van der Waals surface area contributed by atoms with Crippen molar-refractivity contribution in [3.05, 3.63) is 23.3 Å². The molecule has 10 heavy (non-hydrogen) atoms. The molecule has 0 saturated carbocycles. The van der Waals surface area contributed by atoms with Gasteiger partial charge in [0.1, 0.15) is 0 Å². The van der Waals surface area contributed by atoms with E-state index < -0.39 is 0 Å². The van der Waals surface area contributed by atoms with E-state index in [-0.39, 0.29) is 5.78 Å². The summed E-state index contributed by atoms with van der Waals surface area (Å²) in [6, 6.07) is 0. The van der Waals surface area contributed by atoms with Crippen LogP contribution < -0.4 is 0 Å². The van der Waals surface area contributed by atoms with Crippen LogP contribution in [0.1, 0.15) is 26.7 Å². The van der Waals surface area contributed by atoms with E-state index in [2.05, 4.69) is 6.92 Å². The van der Waals surface area contributed by atoms with Crippen molar-refractivity contribution in [1.29, 1.82) is 0 Å². The lowest BCUT2D eigenvalue weighted by atomic mass is 9.99. The number of rotatable bonds is 1. The van der Waals surface area contributed by atoms with Gasteiger partial charge in [-0.2, -0.15) is 0 Å². The molecule has 0 fully saturated rings. The molecule has 1 rings (SSSR count). The van der Waals surface area contributed by atoms with Gasteiger partial charge in [0.25, 0.3) is 0 Å². The van der Waals surface area contributed by atoms with E-state index in [0.29, 0.717) is 0 Å². The average Bonchev–Trinajstić information content (AvgIpc) is 1.88. The van der Waals surface area contributed by atoms with Crippen molar-refractivity contribution in [2.45, 2.75) is 26.7 Å². The molecule has 0 aromatic heterocycles. The molecule has 0 aromatic carbocycles. The van der Waals surface area contributed by atoms with Gasteiger partial charge < -0.3 is 0 Å². The highest BCUT2D eigenvalue weighted by Gasteiger charge is 2.04. The molecule has 0 radical (unpaired) electrons. The van der Waals surface area contributed by atoms with Crippen molar-refractivity contribution in [2.75, 3.05) is 0 Å². The van der Waals surface area contributed by atoms with E-state index in [9.17, 15) is 4.79 Å². The van der Waals surface area contributed by atoms with E-state index in [4.69, 9.17) is 0 Å². The third-order valence-electron chi connectivity index (χ3n) is 1.71. The molecule has 0 aromatic rings. The summed E-state index contributed by atoms with van der Waals surface area (Å²) < 4.78 is 0. The summed E-state index contributed by atoms with van der Waals surface area (Å²) in [4.78, 5) is 10.8. The van der Waals surface area contributed by atoms with Gasteiger partial charge in [0.15, 0.2) is 5.78 Å². The fourth-order valence-electron chi connectivity index (χ4n) is 1.10. The van der Waals surface area contributed by atoms with Crippen LogP contribution in [0.15, 0.2) is 23.3 Å². The molecule has 0 heterocycles. The van der Waals surface area contributed by atoms with Gasteiger partial charge in [-0.3, -0.25) is 4.79 Å². The smallest absolute Gasteiger partial charge is 0.159 e. The third kappa shape index (κ3) is 1.56. The first-order chi connectivity index (χ1) is 4.70. The molecule has 0 amide bonds. The van der Waals surface area contributed by atoms with E-state index >= 15 is 0 Å². The summed E-state index contributed by atoms with van der Waals surface area (Å²) in [6.45, 7) is 3.68. The molecule has 1 nitrogen and oxygen atoms in total. The molecular weight excluding hydrogens is 124 g/mol. The van der Waals surface area contributed by atoms with Gasteiger partial charge in [0.05, 0.1) is 0 Å². The maximum absolute atomic E-state index is 10.8. The quantitative estimate of drug-likeness (QED) is 0.540.